The molecule has 6 heteroatoms. The lowest BCUT2D eigenvalue weighted by Crippen LogP contribution is -2.38. The summed E-state index contributed by atoms with van der Waals surface area (Å²) in [5, 5.41) is 2.74. The second-order valence-electron chi connectivity index (χ2n) is 5.00. The Morgan fingerprint density at radius 1 is 1.30 bits per heavy atom. The molecule has 0 bridgehead atoms. The van der Waals surface area contributed by atoms with E-state index >= 15 is 0 Å². The molecule has 6 nitrogen and oxygen atoms in total. The molecular formula is C17H24N2O4. The molecule has 1 aromatic rings. The average Bonchev–Trinajstić information content (AvgIpc) is 2.56. The molecule has 2 amide bonds. The molecule has 0 aliphatic carbocycles. The number of likely N-dealkylation sites (N-methyl/N-ethyl adjacent to an activating group) is 1. The molecule has 1 aromatic carbocycles. The van der Waals surface area contributed by atoms with Gasteiger partial charge >= 0.3 is 0 Å². The minimum atomic E-state index is -0.236. The Balaban J connectivity index is 2.43. The molecule has 1 rings (SSSR count). The highest BCUT2D eigenvalue weighted by molar-refractivity contribution is 5.94. The molecule has 0 radical (unpaired) electrons. The number of carbonyl (C=O) groups excluding carboxylic acids is 2. The van der Waals surface area contributed by atoms with E-state index in [0.717, 1.165) is 17.7 Å². The van der Waals surface area contributed by atoms with Crippen molar-refractivity contribution in [2.45, 2.75) is 6.42 Å². The number of nitrogens with zero attached hydrogens (tertiary/aromatic N) is 1. The van der Waals surface area contributed by atoms with Crippen molar-refractivity contribution in [1.29, 1.82) is 0 Å². The Kier molecular flexibility index (Phi) is 8.46. The highest BCUT2D eigenvalue weighted by atomic mass is 16.5. The third-order valence-electron chi connectivity index (χ3n) is 3.12. The summed E-state index contributed by atoms with van der Waals surface area (Å²) in [6, 6.07) is 7.38. The monoisotopic (exact) mass is 320 g/mol. The molecular weight excluding hydrogens is 296 g/mol. The van der Waals surface area contributed by atoms with Crippen molar-refractivity contribution in [2.75, 3.05) is 41.0 Å². The molecule has 0 aliphatic heterocycles. The zero-order valence-corrected chi connectivity index (χ0v) is 13.9. The molecule has 0 saturated carbocycles. The lowest BCUT2D eigenvalue weighted by molar-refractivity contribution is -0.131. The fraction of sp³-hybridized carbons (Fsp3) is 0.412. The van der Waals surface area contributed by atoms with Gasteiger partial charge in [-0.25, -0.2) is 0 Å². The topological polar surface area (TPSA) is 67.9 Å². The number of hydrogen-bond donors (Lipinski definition) is 1. The van der Waals surface area contributed by atoms with Gasteiger partial charge in [-0.1, -0.05) is 12.1 Å². The zero-order valence-electron chi connectivity index (χ0n) is 13.9. The SMILES string of the molecule is COCCCNC(=O)CN(C)C(=O)/C=C/c1cccc(OC)c1. The lowest BCUT2D eigenvalue weighted by atomic mass is 10.2. The molecule has 1 N–H and O–H groups in total. The van der Waals surface area contributed by atoms with Gasteiger partial charge in [-0.2, -0.15) is 0 Å². The van der Waals surface area contributed by atoms with Crippen molar-refractivity contribution < 1.29 is 19.1 Å². The van der Waals surface area contributed by atoms with Gasteiger partial charge in [0.25, 0.3) is 0 Å². The van der Waals surface area contributed by atoms with Crippen LogP contribution < -0.4 is 10.1 Å². The average molecular weight is 320 g/mol. The highest BCUT2D eigenvalue weighted by Gasteiger charge is 2.09. The van der Waals surface area contributed by atoms with Crippen molar-refractivity contribution >= 4 is 17.9 Å². The summed E-state index contributed by atoms with van der Waals surface area (Å²) < 4.78 is 10.0. The molecule has 23 heavy (non-hydrogen) atoms. The van der Waals surface area contributed by atoms with Gasteiger partial charge in [0.15, 0.2) is 0 Å². The van der Waals surface area contributed by atoms with Gasteiger partial charge in [0.2, 0.25) is 11.8 Å². The quantitative estimate of drug-likeness (QED) is 0.550. The van der Waals surface area contributed by atoms with E-state index in [0.29, 0.717) is 13.2 Å². The Hall–Kier alpha value is -2.34. The molecule has 0 heterocycles. The summed E-state index contributed by atoms with van der Waals surface area (Å²) in [4.78, 5) is 25.0. The summed E-state index contributed by atoms with van der Waals surface area (Å²) in [5.41, 5.74) is 0.857. The summed E-state index contributed by atoms with van der Waals surface area (Å²) in [5.74, 6) is 0.301. The first-order valence-electron chi connectivity index (χ1n) is 7.39. The van der Waals surface area contributed by atoms with Crippen LogP contribution in [0, 0.1) is 0 Å². The first kappa shape index (κ1) is 18.7. The van der Waals surface area contributed by atoms with Crippen LogP contribution in [0.4, 0.5) is 0 Å². The number of benzene rings is 1. The predicted octanol–water partition coefficient (Wildman–Crippen LogP) is 1.32. The molecule has 0 aliphatic rings. The van der Waals surface area contributed by atoms with Crippen LogP contribution in [0.1, 0.15) is 12.0 Å². The number of rotatable bonds is 9. The molecule has 0 fully saturated rings. The Bertz CT molecular complexity index is 543. The summed E-state index contributed by atoms with van der Waals surface area (Å²) in [7, 11) is 4.79. The lowest BCUT2D eigenvalue weighted by Gasteiger charge is -2.14. The van der Waals surface area contributed by atoms with Crippen molar-refractivity contribution in [3.8, 4) is 5.75 Å². The highest BCUT2D eigenvalue weighted by Crippen LogP contribution is 2.13. The van der Waals surface area contributed by atoms with E-state index in [4.69, 9.17) is 9.47 Å². The minimum Gasteiger partial charge on any atom is -0.497 e. The fourth-order valence-corrected chi connectivity index (χ4v) is 1.83. The number of carbonyl (C=O) groups is 2. The van der Waals surface area contributed by atoms with Gasteiger partial charge < -0.3 is 19.7 Å². The van der Waals surface area contributed by atoms with Gasteiger partial charge in [0, 0.05) is 33.4 Å². The Morgan fingerprint density at radius 2 is 2.09 bits per heavy atom. The summed E-state index contributed by atoms with van der Waals surface area (Å²) in [6.07, 6.45) is 3.88. The van der Waals surface area contributed by atoms with E-state index in [2.05, 4.69) is 5.32 Å². The number of amides is 2. The van der Waals surface area contributed by atoms with Gasteiger partial charge in [-0.15, -0.1) is 0 Å². The second kappa shape index (κ2) is 10.4. The van der Waals surface area contributed by atoms with Crippen LogP contribution >= 0.6 is 0 Å². The number of nitrogens with one attached hydrogen (secondary N) is 1. The van der Waals surface area contributed by atoms with E-state index in [1.165, 1.54) is 11.0 Å². The summed E-state index contributed by atoms with van der Waals surface area (Å²) in [6.45, 7) is 1.15. The maximum Gasteiger partial charge on any atom is 0.246 e. The first-order chi connectivity index (χ1) is 11.1. The summed E-state index contributed by atoms with van der Waals surface area (Å²) >= 11 is 0. The first-order valence-corrected chi connectivity index (χ1v) is 7.39. The van der Waals surface area contributed by atoms with Crippen LogP contribution in [0.25, 0.3) is 6.08 Å². The standard InChI is InChI=1S/C17H24N2O4/c1-19(13-16(20)18-10-5-11-22-2)17(21)9-8-14-6-4-7-15(12-14)23-3/h4,6-9,12H,5,10-11,13H2,1-3H3,(H,18,20)/b9-8+. The van der Waals surface area contributed by atoms with Gasteiger partial charge in [-0.05, 0) is 30.2 Å². The molecule has 126 valence electrons. The third kappa shape index (κ3) is 7.46. The minimum absolute atomic E-state index is 0.0221. The van der Waals surface area contributed by atoms with Crippen LogP contribution in [0.2, 0.25) is 0 Å². The zero-order chi connectivity index (χ0) is 17.1. The molecule has 0 atom stereocenters. The van der Waals surface area contributed by atoms with Gasteiger partial charge in [-0.3, -0.25) is 9.59 Å². The van der Waals surface area contributed by atoms with Crippen LogP contribution in [0.15, 0.2) is 30.3 Å². The normalized spacial score (nSPS) is 10.6. The molecule has 0 unspecified atom stereocenters. The van der Waals surface area contributed by atoms with Crippen molar-refractivity contribution in [1.82, 2.24) is 10.2 Å². The van der Waals surface area contributed by atoms with Crippen LogP contribution in [0.3, 0.4) is 0 Å². The Morgan fingerprint density at radius 3 is 2.78 bits per heavy atom. The third-order valence-corrected chi connectivity index (χ3v) is 3.12. The van der Waals surface area contributed by atoms with Crippen LogP contribution in [0.5, 0.6) is 5.75 Å². The maximum atomic E-state index is 12.0. The number of methoxy groups -OCH3 is 2. The smallest absolute Gasteiger partial charge is 0.246 e. The molecule has 0 saturated heterocycles. The van der Waals surface area contributed by atoms with Gasteiger partial charge in [0.05, 0.1) is 13.7 Å². The Labute approximate surface area is 137 Å². The van der Waals surface area contributed by atoms with E-state index in [1.807, 2.05) is 24.3 Å². The van der Waals surface area contributed by atoms with E-state index in [-0.39, 0.29) is 18.4 Å². The number of hydrogen-bond acceptors (Lipinski definition) is 4. The van der Waals surface area contributed by atoms with Crippen molar-refractivity contribution in [3.63, 3.8) is 0 Å². The van der Waals surface area contributed by atoms with Gasteiger partial charge in [0.1, 0.15) is 5.75 Å². The van der Waals surface area contributed by atoms with E-state index < -0.39 is 0 Å². The predicted molar refractivity (Wildman–Crippen MR) is 89.2 cm³/mol. The largest absolute Gasteiger partial charge is 0.497 e. The molecule has 0 spiro atoms. The second-order valence-corrected chi connectivity index (χ2v) is 5.00. The van der Waals surface area contributed by atoms with E-state index in [9.17, 15) is 9.59 Å². The van der Waals surface area contributed by atoms with Crippen LogP contribution in [-0.4, -0.2) is 57.7 Å². The molecule has 0 aromatic heterocycles. The van der Waals surface area contributed by atoms with Crippen molar-refractivity contribution in [2.24, 2.45) is 0 Å². The van der Waals surface area contributed by atoms with E-state index in [1.54, 1.807) is 27.3 Å². The van der Waals surface area contributed by atoms with Crippen molar-refractivity contribution in [3.05, 3.63) is 35.9 Å². The number of ether oxygens (including phenoxy) is 2. The van der Waals surface area contributed by atoms with Crippen LogP contribution in [-0.2, 0) is 14.3 Å². The maximum absolute atomic E-state index is 12.0. The fourth-order valence-electron chi connectivity index (χ4n) is 1.83.